The van der Waals surface area contributed by atoms with E-state index >= 15 is 0 Å². The maximum Gasteiger partial charge on any atom is 0.155 e. The third-order valence-corrected chi connectivity index (χ3v) is 2.04. The third kappa shape index (κ3) is 2.01. The van der Waals surface area contributed by atoms with Crippen LogP contribution in [0.15, 0.2) is 10.7 Å². The number of pyridine rings is 1. The molecular weight excluding hydrogens is 241 g/mol. The van der Waals surface area contributed by atoms with Crippen LogP contribution in [0.1, 0.15) is 6.92 Å². The van der Waals surface area contributed by atoms with Gasteiger partial charge in [-0.05, 0) is 28.9 Å². The van der Waals surface area contributed by atoms with Gasteiger partial charge in [-0.3, -0.25) is 0 Å². The number of anilines is 2. The van der Waals surface area contributed by atoms with E-state index in [1.165, 1.54) is 0 Å². The number of nitrogen functional groups attached to an aromatic ring is 1. The van der Waals surface area contributed by atoms with Crippen LogP contribution in [0, 0.1) is 0 Å². The van der Waals surface area contributed by atoms with E-state index in [0.717, 1.165) is 12.2 Å². The van der Waals surface area contributed by atoms with Crippen molar-refractivity contribution < 1.29 is 0 Å². The van der Waals surface area contributed by atoms with E-state index in [9.17, 15) is 0 Å². The highest BCUT2D eigenvalue weighted by Crippen LogP contribution is 2.28. The van der Waals surface area contributed by atoms with Crippen LogP contribution in [0.3, 0.4) is 0 Å². The second kappa shape index (κ2) is 3.96. The normalized spacial score (nSPS) is 9.92. The van der Waals surface area contributed by atoms with Gasteiger partial charge in [-0.25, -0.2) is 4.98 Å². The molecule has 5 heteroatoms. The van der Waals surface area contributed by atoms with Crippen molar-refractivity contribution in [2.24, 2.45) is 0 Å². The van der Waals surface area contributed by atoms with Crippen molar-refractivity contribution in [2.75, 3.05) is 17.6 Å². The Kier molecular flexibility index (Phi) is 3.17. The highest BCUT2D eigenvalue weighted by Gasteiger charge is 2.05. The van der Waals surface area contributed by atoms with E-state index in [1.807, 2.05) is 6.92 Å². The molecule has 0 saturated carbocycles. The summed E-state index contributed by atoms with van der Waals surface area (Å²) in [5.74, 6) is 0. The molecule has 0 spiro atoms. The molecule has 12 heavy (non-hydrogen) atoms. The van der Waals surface area contributed by atoms with Gasteiger partial charge in [0, 0.05) is 6.54 Å². The van der Waals surface area contributed by atoms with Crippen molar-refractivity contribution in [3.8, 4) is 0 Å². The van der Waals surface area contributed by atoms with Gasteiger partial charge in [0.05, 0.1) is 11.4 Å². The quantitative estimate of drug-likeness (QED) is 0.793. The SMILES string of the molecule is CCNc1cc(Br)nc(Cl)c1N. The number of hydrogen-bond acceptors (Lipinski definition) is 3. The first kappa shape index (κ1) is 9.61. The lowest BCUT2D eigenvalue weighted by Crippen LogP contribution is -2.02. The molecule has 0 aliphatic carbocycles. The highest BCUT2D eigenvalue weighted by molar-refractivity contribution is 9.10. The second-order valence-corrected chi connectivity index (χ2v) is 3.40. The van der Waals surface area contributed by atoms with Crippen molar-refractivity contribution in [1.29, 1.82) is 0 Å². The van der Waals surface area contributed by atoms with Gasteiger partial charge in [0.25, 0.3) is 0 Å². The Labute approximate surface area is 84.4 Å². The molecule has 0 fully saturated rings. The Bertz CT molecular complexity index is 290. The molecule has 1 rings (SSSR count). The molecule has 3 nitrogen and oxygen atoms in total. The molecule has 0 atom stereocenters. The Morgan fingerprint density at radius 3 is 3.00 bits per heavy atom. The zero-order valence-corrected chi connectivity index (χ0v) is 8.91. The lowest BCUT2D eigenvalue weighted by molar-refractivity contribution is 1.19. The van der Waals surface area contributed by atoms with E-state index in [1.54, 1.807) is 6.07 Å². The molecule has 66 valence electrons. The minimum absolute atomic E-state index is 0.320. The number of hydrogen-bond donors (Lipinski definition) is 2. The number of halogens is 2. The van der Waals surface area contributed by atoms with Gasteiger partial charge in [-0.2, -0.15) is 0 Å². The summed E-state index contributed by atoms with van der Waals surface area (Å²) in [4.78, 5) is 3.93. The van der Waals surface area contributed by atoms with E-state index < -0.39 is 0 Å². The van der Waals surface area contributed by atoms with Crippen LogP contribution >= 0.6 is 27.5 Å². The molecule has 0 unspecified atom stereocenters. The van der Waals surface area contributed by atoms with Crippen LogP contribution in [-0.4, -0.2) is 11.5 Å². The fourth-order valence-corrected chi connectivity index (χ4v) is 1.53. The topological polar surface area (TPSA) is 50.9 Å². The fraction of sp³-hybridized carbons (Fsp3) is 0.286. The van der Waals surface area contributed by atoms with Gasteiger partial charge in [0.1, 0.15) is 4.60 Å². The predicted octanol–water partition coefficient (Wildman–Crippen LogP) is 2.51. The largest absolute Gasteiger partial charge is 0.395 e. The molecule has 3 N–H and O–H groups in total. The summed E-state index contributed by atoms with van der Waals surface area (Å²) in [6.45, 7) is 2.79. The highest BCUT2D eigenvalue weighted by atomic mass is 79.9. The van der Waals surface area contributed by atoms with Crippen molar-refractivity contribution in [3.63, 3.8) is 0 Å². The summed E-state index contributed by atoms with van der Waals surface area (Å²) in [6.07, 6.45) is 0. The zero-order chi connectivity index (χ0) is 9.14. The van der Waals surface area contributed by atoms with Crippen molar-refractivity contribution in [3.05, 3.63) is 15.8 Å². The summed E-state index contributed by atoms with van der Waals surface area (Å²) < 4.78 is 0.678. The predicted molar refractivity (Wildman–Crippen MR) is 55.5 cm³/mol. The van der Waals surface area contributed by atoms with E-state index in [2.05, 4.69) is 26.2 Å². The van der Waals surface area contributed by atoms with Crippen molar-refractivity contribution in [1.82, 2.24) is 4.98 Å². The molecule has 0 radical (unpaired) electrons. The summed E-state index contributed by atoms with van der Waals surface area (Å²) in [7, 11) is 0. The van der Waals surface area contributed by atoms with Crippen LogP contribution < -0.4 is 11.1 Å². The van der Waals surface area contributed by atoms with Gasteiger partial charge in [0.2, 0.25) is 0 Å². The van der Waals surface area contributed by atoms with Crippen molar-refractivity contribution in [2.45, 2.75) is 6.92 Å². The summed E-state index contributed by atoms with van der Waals surface area (Å²) in [5, 5.41) is 3.40. The van der Waals surface area contributed by atoms with E-state index in [0.29, 0.717) is 15.4 Å². The van der Waals surface area contributed by atoms with Crippen LogP contribution in [0.4, 0.5) is 11.4 Å². The maximum absolute atomic E-state index is 5.75. The molecule has 1 aromatic heterocycles. The molecule has 0 amide bonds. The van der Waals surface area contributed by atoms with E-state index in [4.69, 9.17) is 17.3 Å². The number of nitrogens with two attached hydrogens (primary N) is 1. The number of nitrogens with zero attached hydrogens (tertiary/aromatic N) is 1. The second-order valence-electron chi connectivity index (χ2n) is 2.23. The summed E-state index contributed by atoms with van der Waals surface area (Å²) >= 11 is 8.97. The minimum atomic E-state index is 0.320. The fourth-order valence-electron chi connectivity index (χ4n) is 0.831. The smallest absolute Gasteiger partial charge is 0.155 e. The first-order valence-electron chi connectivity index (χ1n) is 3.50. The first-order chi connectivity index (χ1) is 5.65. The lowest BCUT2D eigenvalue weighted by atomic mass is 10.3. The van der Waals surface area contributed by atoms with Crippen molar-refractivity contribution >= 4 is 38.9 Å². The molecule has 0 aromatic carbocycles. The average molecular weight is 251 g/mol. The molecular formula is C7H9BrClN3. The number of aromatic nitrogens is 1. The molecule has 0 bridgehead atoms. The van der Waals surface area contributed by atoms with Crippen LogP contribution in [-0.2, 0) is 0 Å². The summed E-state index contributed by atoms with van der Waals surface area (Å²) in [5.41, 5.74) is 6.96. The number of nitrogens with one attached hydrogen (secondary N) is 1. The summed E-state index contributed by atoms with van der Waals surface area (Å²) in [6, 6.07) is 1.80. The Morgan fingerprint density at radius 2 is 2.42 bits per heavy atom. The van der Waals surface area contributed by atoms with Gasteiger partial charge in [-0.15, -0.1) is 0 Å². The molecule has 1 aromatic rings. The third-order valence-electron chi connectivity index (χ3n) is 1.35. The molecule has 1 heterocycles. The van der Waals surface area contributed by atoms with E-state index in [-0.39, 0.29) is 0 Å². The minimum Gasteiger partial charge on any atom is -0.395 e. The molecule has 0 saturated heterocycles. The zero-order valence-electron chi connectivity index (χ0n) is 6.56. The molecule has 0 aliphatic heterocycles. The monoisotopic (exact) mass is 249 g/mol. The van der Waals surface area contributed by atoms with Gasteiger partial charge < -0.3 is 11.1 Å². The maximum atomic E-state index is 5.75. The van der Waals surface area contributed by atoms with Gasteiger partial charge in [0.15, 0.2) is 5.15 Å². The van der Waals surface area contributed by atoms with Crippen LogP contribution in [0.5, 0.6) is 0 Å². The number of rotatable bonds is 2. The Balaban J connectivity index is 3.09. The molecule has 0 aliphatic rings. The van der Waals surface area contributed by atoms with Gasteiger partial charge in [-0.1, -0.05) is 11.6 Å². The average Bonchev–Trinajstić information content (AvgIpc) is 2.00. The Morgan fingerprint density at radius 1 is 1.75 bits per heavy atom. The lowest BCUT2D eigenvalue weighted by Gasteiger charge is -2.07. The Hall–Kier alpha value is -0.480. The van der Waals surface area contributed by atoms with Crippen LogP contribution in [0.2, 0.25) is 5.15 Å². The van der Waals surface area contributed by atoms with Gasteiger partial charge >= 0.3 is 0 Å². The van der Waals surface area contributed by atoms with Crippen LogP contribution in [0.25, 0.3) is 0 Å². The first-order valence-corrected chi connectivity index (χ1v) is 4.67. The standard InChI is InChI=1S/C7H9BrClN3/c1-2-11-4-3-5(8)12-7(9)6(4)10/h3H,2,10H2,1H3,(H,11,12).